The molecule has 2 amide bonds. The van der Waals surface area contributed by atoms with E-state index in [1.54, 1.807) is 25.1 Å². The summed E-state index contributed by atoms with van der Waals surface area (Å²) in [5, 5.41) is 14.6. The number of rotatable bonds is 6. The Morgan fingerprint density at radius 3 is 2.33 bits per heavy atom. The van der Waals surface area contributed by atoms with Gasteiger partial charge in [0.15, 0.2) is 0 Å². The van der Waals surface area contributed by atoms with Gasteiger partial charge in [-0.3, -0.25) is 9.59 Å². The van der Waals surface area contributed by atoms with Crippen molar-refractivity contribution < 1.29 is 19.5 Å². The largest absolute Gasteiger partial charge is 0.478 e. The van der Waals surface area contributed by atoms with Crippen molar-refractivity contribution in [3.63, 3.8) is 0 Å². The first-order valence-electron chi connectivity index (χ1n) is 8.60. The van der Waals surface area contributed by atoms with Crippen molar-refractivity contribution in [2.45, 2.75) is 27.7 Å². The van der Waals surface area contributed by atoms with Gasteiger partial charge in [0.05, 0.1) is 11.3 Å². The zero-order valence-corrected chi connectivity index (χ0v) is 15.8. The van der Waals surface area contributed by atoms with Crippen molar-refractivity contribution >= 4 is 23.5 Å². The summed E-state index contributed by atoms with van der Waals surface area (Å²) in [6.45, 7) is 7.95. The zero-order valence-electron chi connectivity index (χ0n) is 15.8. The third-order valence-electron chi connectivity index (χ3n) is 3.96. The third-order valence-corrected chi connectivity index (χ3v) is 3.96. The van der Waals surface area contributed by atoms with Crippen molar-refractivity contribution in [3.8, 4) is 0 Å². The van der Waals surface area contributed by atoms with Crippen molar-refractivity contribution in [2.75, 3.05) is 11.9 Å². The maximum atomic E-state index is 12.4. The minimum atomic E-state index is -1.09. The molecule has 1 aromatic carbocycles. The number of carbonyl (C=O) groups is 3. The maximum absolute atomic E-state index is 12.4. The molecule has 0 bridgehead atoms. The summed E-state index contributed by atoms with van der Waals surface area (Å²) >= 11 is 0. The molecule has 0 aliphatic carbocycles. The molecule has 1 aromatic heterocycles. The number of amides is 2. The van der Waals surface area contributed by atoms with Crippen molar-refractivity contribution in [2.24, 2.45) is 5.92 Å². The predicted octanol–water partition coefficient (Wildman–Crippen LogP) is 3.03. The molecule has 0 radical (unpaired) electrons. The second-order valence-corrected chi connectivity index (χ2v) is 6.72. The van der Waals surface area contributed by atoms with Crippen LogP contribution < -0.4 is 10.6 Å². The lowest BCUT2D eigenvalue weighted by molar-refractivity contribution is 0.0694. The summed E-state index contributed by atoms with van der Waals surface area (Å²) in [7, 11) is 0. The van der Waals surface area contributed by atoms with E-state index < -0.39 is 11.9 Å². The number of aromatic carboxylic acids is 1. The first-order valence-corrected chi connectivity index (χ1v) is 8.60. The summed E-state index contributed by atoms with van der Waals surface area (Å²) in [6.07, 6.45) is 0. The topological polar surface area (TPSA) is 108 Å². The lowest BCUT2D eigenvalue weighted by Gasteiger charge is -2.12. The van der Waals surface area contributed by atoms with Crippen LogP contribution in [0.3, 0.4) is 0 Å². The molecular weight excluding hydrogens is 346 g/mol. The molecule has 7 nitrogen and oxygen atoms in total. The van der Waals surface area contributed by atoms with Gasteiger partial charge in [-0.05, 0) is 55.7 Å². The van der Waals surface area contributed by atoms with Crippen LogP contribution in [0.2, 0.25) is 0 Å². The Hall–Kier alpha value is -3.22. The SMILES string of the molecule is Cc1cc(C(=O)NCC(C)C)ccc1NC(=O)c1ccc(C(=O)O)c(C)n1. The quantitative estimate of drug-likeness (QED) is 0.725. The van der Waals surface area contributed by atoms with Gasteiger partial charge >= 0.3 is 5.97 Å². The Morgan fingerprint density at radius 2 is 1.78 bits per heavy atom. The highest BCUT2D eigenvalue weighted by Crippen LogP contribution is 2.18. The van der Waals surface area contributed by atoms with Crippen LogP contribution in [0.15, 0.2) is 30.3 Å². The molecule has 0 saturated carbocycles. The summed E-state index contributed by atoms with van der Waals surface area (Å²) in [6, 6.07) is 7.74. The molecule has 0 unspecified atom stereocenters. The van der Waals surface area contributed by atoms with Gasteiger partial charge in [0, 0.05) is 17.8 Å². The van der Waals surface area contributed by atoms with Crippen LogP contribution in [0, 0.1) is 19.8 Å². The minimum absolute atomic E-state index is 0.0551. The number of aryl methyl sites for hydroxylation is 2. The molecule has 142 valence electrons. The lowest BCUT2D eigenvalue weighted by Crippen LogP contribution is -2.27. The Kier molecular flexibility index (Phi) is 6.28. The van der Waals surface area contributed by atoms with Crippen LogP contribution in [0.4, 0.5) is 5.69 Å². The van der Waals surface area contributed by atoms with Gasteiger partial charge in [0.25, 0.3) is 11.8 Å². The fraction of sp³-hybridized carbons (Fsp3) is 0.300. The number of carbonyl (C=O) groups excluding carboxylic acids is 2. The number of aromatic nitrogens is 1. The molecule has 1 heterocycles. The van der Waals surface area contributed by atoms with Gasteiger partial charge in [-0.1, -0.05) is 13.8 Å². The van der Waals surface area contributed by atoms with E-state index in [-0.39, 0.29) is 22.9 Å². The first-order chi connectivity index (χ1) is 12.7. The van der Waals surface area contributed by atoms with Gasteiger partial charge in [0.1, 0.15) is 5.69 Å². The van der Waals surface area contributed by atoms with Gasteiger partial charge in [-0.15, -0.1) is 0 Å². The first kappa shape index (κ1) is 20.1. The summed E-state index contributed by atoms with van der Waals surface area (Å²) < 4.78 is 0. The molecule has 3 N–H and O–H groups in total. The second kappa shape index (κ2) is 8.44. The fourth-order valence-electron chi connectivity index (χ4n) is 2.44. The maximum Gasteiger partial charge on any atom is 0.337 e. The average molecular weight is 369 g/mol. The lowest BCUT2D eigenvalue weighted by atomic mass is 10.1. The molecule has 0 atom stereocenters. The van der Waals surface area contributed by atoms with E-state index in [0.29, 0.717) is 23.7 Å². The number of carboxylic acids is 1. The molecule has 0 saturated heterocycles. The monoisotopic (exact) mass is 369 g/mol. The number of benzene rings is 1. The van der Waals surface area contributed by atoms with Crippen LogP contribution in [-0.4, -0.2) is 34.4 Å². The van der Waals surface area contributed by atoms with E-state index in [1.165, 1.54) is 19.1 Å². The van der Waals surface area contributed by atoms with E-state index in [1.807, 2.05) is 13.8 Å². The molecule has 7 heteroatoms. The van der Waals surface area contributed by atoms with Crippen LogP contribution in [0.5, 0.6) is 0 Å². The standard InChI is InChI=1S/C20H23N3O4/c1-11(2)10-21-18(24)14-5-7-16(12(3)9-14)23-19(25)17-8-6-15(20(26)27)13(4)22-17/h5-9,11H,10H2,1-4H3,(H,21,24)(H,23,25)(H,26,27). The molecule has 0 spiro atoms. The van der Waals surface area contributed by atoms with Gasteiger partial charge < -0.3 is 15.7 Å². The number of anilines is 1. The Balaban J connectivity index is 2.13. The fourth-order valence-corrected chi connectivity index (χ4v) is 2.44. The molecule has 2 rings (SSSR count). The molecule has 0 fully saturated rings. The average Bonchev–Trinajstić information content (AvgIpc) is 2.60. The predicted molar refractivity (Wildman–Crippen MR) is 102 cm³/mol. The van der Waals surface area contributed by atoms with Crippen molar-refractivity contribution in [3.05, 3.63) is 58.4 Å². The molecule has 0 aliphatic heterocycles. The number of carboxylic acid groups (broad SMARTS) is 1. The van der Waals surface area contributed by atoms with E-state index in [2.05, 4.69) is 15.6 Å². The Morgan fingerprint density at radius 1 is 1.07 bits per heavy atom. The van der Waals surface area contributed by atoms with E-state index in [0.717, 1.165) is 5.56 Å². The summed E-state index contributed by atoms with van der Waals surface area (Å²) in [5.74, 6) is -1.34. The normalized spacial score (nSPS) is 10.6. The van der Waals surface area contributed by atoms with Crippen LogP contribution in [0.25, 0.3) is 0 Å². The van der Waals surface area contributed by atoms with Gasteiger partial charge in [-0.2, -0.15) is 0 Å². The van der Waals surface area contributed by atoms with Crippen LogP contribution >= 0.6 is 0 Å². The number of hydrogen-bond acceptors (Lipinski definition) is 4. The highest BCUT2D eigenvalue weighted by atomic mass is 16.4. The molecule has 0 aliphatic rings. The minimum Gasteiger partial charge on any atom is -0.478 e. The number of hydrogen-bond donors (Lipinski definition) is 3. The van der Waals surface area contributed by atoms with Gasteiger partial charge in [0.2, 0.25) is 0 Å². The van der Waals surface area contributed by atoms with E-state index >= 15 is 0 Å². The van der Waals surface area contributed by atoms with Crippen molar-refractivity contribution in [1.29, 1.82) is 0 Å². The van der Waals surface area contributed by atoms with Crippen LogP contribution in [0.1, 0.15) is 56.3 Å². The number of nitrogens with one attached hydrogen (secondary N) is 2. The zero-order chi connectivity index (χ0) is 20.1. The smallest absolute Gasteiger partial charge is 0.337 e. The van der Waals surface area contributed by atoms with Crippen LogP contribution in [-0.2, 0) is 0 Å². The highest BCUT2D eigenvalue weighted by Gasteiger charge is 2.15. The van der Waals surface area contributed by atoms with Gasteiger partial charge in [-0.25, -0.2) is 9.78 Å². The Bertz CT molecular complexity index is 891. The second-order valence-electron chi connectivity index (χ2n) is 6.72. The Labute approximate surface area is 157 Å². The van der Waals surface area contributed by atoms with E-state index in [4.69, 9.17) is 5.11 Å². The highest BCUT2D eigenvalue weighted by molar-refractivity contribution is 6.04. The molecular formula is C20H23N3O4. The number of nitrogens with zero attached hydrogens (tertiary/aromatic N) is 1. The molecule has 2 aromatic rings. The van der Waals surface area contributed by atoms with Crippen molar-refractivity contribution in [1.82, 2.24) is 10.3 Å². The molecule has 27 heavy (non-hydrogen) atoms. The number of pyridine rings is 1. The third kappa shape index (κ3) is 5.13. The van der Waals surface area contributed by atoms with E-state index in [9.17, 15) is 14.4 Å². The summed E-state index contributed by atoms with van der Waals surface area (Å²) in [5.41, 5.74) is 2.26. The summed E-state index contributed by atoms with van der Waals surface area (Å²) in [4.78, 5) is 39.6.